The minimum atomic E-state index is -0.0962. The summed E-state index contributed by atoms with van der Waals surface area (Å²) in [6.07, 6.45) is 11.4. The normalized spacial score (nSPS) is 47.7. The number of hydrogen-bond donors (Lipinski definition) is 0. The summed E-state index contributed by atoms with van der Waals surface area (Å²) < 4.78 is 4.86. The molecule has 0 unspecified atom stereocenters. The van der Waals surface area contributed by atoms with Crippen LogP contribution >= 0.6 is 15.9 Å². The number of carbonyl (C=O) groups excluding carboxylic acids is 2. The first-order chi connectivity index (χ1) is 13.7. The summed E-state index contributed by atoms with van der Waals surface area (Å²) in [5.41, 5.74) is 0.581. The smallest absolute Gasteiger partial charge is 0.305 e. The van der Waals surface area contributed by atoms with Crippen molar-refractivity contribution in [1.82, 2.24) is 0 Å². The third-order valence-corrected chi connectivity index (χ3v) is 11.3. The van der Waals surface area contributed by atoms with Crippen LogP contribution in [-0.2, 0) is 14.3 Å². The summed E-state index contributed by atoms with van der Waals surface area (Å²) in [5, 5.41) is 0. The van der Waals surface area contributed by atoms with Crippen molar-refractivity contribution in [3.05, 3.63) is 0 Å². The number of methoxy groups -OCH3 is 1. The van der Waals surface area contributed by atoms with Gasteiger partial charge in [-0.15, -0.1) is 0 Å². The average Bonchev–Trinajstić information content (AvgIpc) is 3.06. The fourth-order valence-electron chi connectivity index (χ4n) is 8.61. The van der Waals surface area contributed by atoms with Crippen LogP contribution in [0.2, 0.25) is 0 Å². The quantitative estimate of drug-likeness (QED) is 0.367. The van der Waals surface area contributed by atoms with Crippen molar-refractivity contribution in [2.45, 2.75) is 89.8 Å². The van der Waals surface area contributed by atoms with Crippen LogP contribution in [0.25, 0.3) is 0 Å². The predicted octanol–water partition coefficient (Wildman–Crippen LogP) is 6.18. The Bertz CT molecular complexity index is 662. The van der Waals surface area contributed by atoms with Crippen molar-refractivity contribution in [1.29, 1.82) is 0 Å². The molecule has 29 heavy (non-hydrogen) atoms. The molecule has 0 bridgehead atoms. The molecule has 0 amide bonds. The highest BCUT2D eigenvalue weighted by molar-refractivity contribution is 9.10. The molecule has 0 saturated heterocycles. The Kier molecular flexibility index (Phi) is 5.99. The molecule has 4 aliphatic rings. The summed E-state index contributed by atoms with van der Waals surface area (Å²) in [4.78, 5) is 25.4. The van der Waals surface area contributed by atoms with Gasteiger partial charge in [-0.3, -0.25) is 9.59 Å². The first-order valence-electron chi connectivity index (χ1n) is 12.0. The zero-order chi connectivity index (χ0) is 21.0. The van der Waals surface area contributed by atoms with Crippen LogP contribution in [0, 0.1) is 46.3 Å². The highest BCUT2D eigenvalue weighted by atomic mass is 79.9. The van der Waals surface area contributed by atoms with Crippen LogP contribution < -0.4 is 0 Å². The van der Waals surface area contributed by atoms with Gasteiger partial charge in [-0.25, -0.2) is 0 Å². The van der Waals surface area contributed by atoms with E-state index in [0.29, 0.717) is 47.2 Å². The Labute approximate surface area is 185 Å². The third-order valence-electron chi connectivity index (χ3n) is 10.2. The van der Waals surface area contributed by atoms with E-state index in [-0.39, 0.29) is 22.1 Å². The zero-order valence-corrected chi connectivity index (χ0v) is 20.3. The third kappa shape index (κ3) is 3.34. The number of alkyl halides is 1. The second-order valence-corrected chi connectivity index (χ2v) is 12.2. The van der Waals surface area contributed by atoms with Crippen molar-refractivity contribution < 1.29 is 14.3 Å². The van der Waals surface area contributed by atoms with E-state index in [1.165, 1.54) is 58.5 Å². The van der Waals surface area contributed by atoms with Gasteiger partial charge in [-0.2, -0.15) is 0 Å². The number of ketones is 1. The second kappa shape index (κ2) is 7.95. The van der Waals surface area contributed by atoms with Crippen molar-refractivity contribution in [3.63, 3.8) is 0 Å². The van der Waals surface area contributed by atoms with E-state index in [9.17, 15) is 9.59 Å². The molecule has 0 aromatic heterocycles. The van der Waals surface area contributed by atoms with Gasteiger partial charge in [-0.05, 0) is 85.4 Å². The fourth-order valence-corrected chi connectivity index (χ4v) is 9.78. The maximum absolute atomic E-state index is 13.7. The molecule has 0 aromatic carbocycles. The van der Waals surface area contributed by atoms with Gasteiger partial charge in [0.2, 0.25) is 0 Å². The van der Waals surface area contributed by atoms with Gasteiger partial charge in [0.15, 0.2) is 0 Å². The number of hydrogen-bond acceptors (Lipinski definition) is 3. The van der Waals surface area contributed by atoms with Crippen LogP contribution in [0.1, 0.15) is 85.0 Å². The van der Waals surface area contributed by atoms with Gasteiger partial charge in [-0.1, -0.05) is 49.5 Å². The SMILES string of the molecule is COC(=O)CC[C@H](C)[C@H]1CC[C@@H]2[C@H]3C(=O)[C@H](Br)[C@@H]4CCCC[C@]4(C)[C@H]3CC[C@@]21C. The maximum atomic E-state index is 13.7. The van der Waals surface area contributed by atoms with E-state index in [1.54, 1.807) is 0 Å². The molecular weight excluding hydrogens is 428 g/mol. The Morgan fingerprint density at radius 1 is 1.07 bits per heavy atom. The molecule has 0 radical (unpaired) electrons. The molecule has 4 rings (SSSR count). The lowest BCUT2D eigenvalue weighted by atomic mass is 9.44. The van der Waals surface area contributed by atoms with Crippen molar-refractivity contribution >= 4 is 27.7 Å². The van der Waals surface area contributed by atoms with Crippen molar-refractivity contribution in [2.24, 2.45) is 46.3 Å². The predicted molar refractivity (Wildman–Crippen MR) is 119 cm³/mol. The van der Waals surface area contributed by atoms with Crippen molar-refractivity contribution in [2.75, 3.05) is 7.11 Å². The number of carbonyl (C=O) groups is 2. The maximum Gasteiger partial charge on any atom is 0.305 e. The van der Waals surface area contributed by atoms with Crippen LogP contribution in [0.4, 0.5) is 0 Å². The lowest BCUT2D eigenvalue weighted by Crippen LogP contribution is -2.60. The Balaban J connectivity index is 1.57. The minimum absolute atomic E-state index is 0.0622. The Morgan fingerprint density at radius 2 is 1.79 bits per heavy atom. The van der Waals surface area contributed by atoms with Crippen LogP contribution in [0.3, 0.4) is 0 Å². The summed E-state index contributed by atoms with van der Waals surface area (Å²) in [7, 11) is 1.48. The van der Waals surface area contributed by atoms with Gasteiger partial charge in [0.1, 0.15) is 5.78 Å². The monoisotopic (exact) mass is 466 g/mol. The first-order valence-corrected chi connectivity index (χ1v) is 12.9. The van der Waals surface area contributed by atoms with E-state index in [0.717, 1.165) is 6.42 Å². The van der Waals surface area contributed by atoms with Gasteiger partial charge >= 0.3 is 5.97 Å². The average molecular weight is 467 g/mol. The first kappa shape index (κ1) is 21.8. The summed E-state index contributed by atoms with van der Waals surface area (Å²) in [6.45, 7) is 7.32. The van der Waals surface area contributed by atoms with Gasteiger partial charge in [0, 0.05) is 12.3 Å². The van der Waals surface area contributed by atoms with Gasteiger partial charge < -0.3 is 4.74 Å². The molecule has 0 spiro atoms. The molecule has 9 atom stereocenters. The number of halogens is 1. The van der Waals surface area contributed by atoms with Crippen molar-refractivity contribution in [3.8, 4) is 0 Å². The largest absolute Gasteiger partial charge is 0.469 e. The molecule has 0 heterocycles. The lowest BCUT2D eigenvalue weighted by molar-refractivity contribution is -0.154. The Morgan fingerprint density at radius 3 is 2.52 bits per heavy atom. The molecule has 0 aromatic rings. The number of esters is 1. The second-order valence-electron chi connectivity index (χ2n) is 11.2. The molecule has 4 aliphatic carbocycles. The summed E-state index contributed by atoms with van der Waals surface area (Å²) >= 11 is 3.90. The van der Waals surface area contributed by atoms with E-state index >= 15 is 0 Å². The highest BCUT2D eigenvalue weighted by Crippen LogP contribution is 2.68. The summed E-state index contributed by atoms with van der Waals surface area (Å²) in [5.74, 6) is 3.45. The molecule has 4 saturated carbocycles. The molecule has 4 heteroatoms. The van der Waals surface area contributed by atoms with E-state index < -0.39 is 0 Å². The van der Waals surface area contributed by atoms with E-state index in [1.807, 2.05) is 0 Å². The van der Waals surface area contributed by atoms with Crippen LogP contribution in [0.5, 0.6) is 0 Å². The van der Waals surface area contributed by atoms with Gasteiger partial charge in [0.05, 0.1) is 11.9 Å². The standard InChI is InChI=1S/C25H39BrO3/c1-15(8-11-20(27)29-4)16-9-10-17-21-18(12-14-25(16,17)3)24(2)13-6-5-7-19(24)22(26)23(21)28/h15-19,21-22H,5-14H2,1-4H3/t15-,16+,17+,18-,19-,21+,22+,24+,25+/m0/s1. The molecule has 0 N–H and O–H groups in total. The number of Topliss-reactive ketones (excluding diaryl/α,β-unsaturated/α-hetero) is 1. The van der Waals surface area contributed by atoms with Gasteiger partial charge in [0.25, 0.3) is 0 Å². The summed E-state index contributed by atoms with van der Waals surface area (Å²) in [6, 6.07) is 0. The van der Waals surface area contributed by atoms with E-state index in [4.69, 9.17) is 4.74 Å². The molecule has 164 valence electrons. The zero-order valence-electron chi connectivity index (χ0n) is 18.7. The Hall–Kier alpha value is -0.380. The highest BCUT2D eigenvalue weighted by Gasteiger charge is 2.64. The molecular formula is C25H39BrO3. The topological polar surface area (TPSA) is 43.4 Å². The molecule has 4 fully saturated rings. The van der Waals surface area contributed by atoms with Crippen LogP contribution in [0.15, 0.2) is 0 Å². The molecule has 0 aliphatic heterocycles. The van der Waals surface area contributed by atoms with Crippen LogP contribution in [-0.4, -0.2) is 23.7 Å². The van der Waals surface area contributed by atoms with E-state index in [2.05, 4.69) is 36.7 Å². The number of fused-ring (bicyclic) bond motifs is 5. The minimum Gasteiger partial charge on any atom is -0.469 e. The fraction of sp³-hybridized carbons (Fsp3) is 0.920. The number of rotatable bonds is 4. The lowest BCUT2D eigenvalue weighted by Gasteiger charge is -2.61. The number of ether oxygens (including phenoxy) is 1. The molecule has 3 nitrogen and oxygen atoms in total.